The predicted octanol–water partition coefficient (Wildman–Crippen LogP) is 5.80. The van der Waals surface area contributed by atoms with Crippen molar-refractivity contribution in [3.05, 3.63) is 64.2 Å². The van der Waals surface area contributed by atoms with Crippen LogP contribution in [0.5, 0.6) is 0 Å². The van der Waals surface area contributed by atoms with Gasteiger partial charge in [0.2, 0.25) is 0 Å². The minimum absolute atomic E-state index is 0.0203. The van der Waals surface area contributed by atoms with E-state index < -0.39 is 23.1 Å². The van der Waals surface area contributed by atoms with Gasteiger partial charge in [0.15, 0.2) is 0 Å². The third-order valence-electron chi connectivity index (χ3n) is 9.79. The van der Waals surface area contributed by atoms with E-state index in [1.807, 2.05) is 6.07 Å². The number of carbonyl (C=O) groups excluding carboxylic acids is 2. The second-order valence-corrected chi connectivity index (χ2v) is 12.8. The molecular formula is C31H34F3N5O2. The highest BCUT2D eigenvalue weighted by Crippen LogP contribution is 2.64. The second kappa shape index (κ2) is 9.24. The molecule has 1 amide bonds. The average molecular weight is 566 g/mol. The molecule has 216 valence electrons. The number of carbonyl (C=O) groups is 2. The third-order valence-corrected chi connectivity index (χ3v) is 9.79. The Morgan fingerprint density at radius 3 is 2.44 bits per heavy atom. The van der Waals surface area contributed by atoms with E-state index in [0.29, 0.717) is 36.9 Å². The normalized spacial score (nSPS) is 21.5. The van der Waals surface area contributed by atoms with Crippen molar-refractivity contribution in [1.82, 2.24) is 10.2 Å². The predicted molar refractivity (Wildman–Crippen MR) is 149 cm³/mol. The summed E-state index contributed by atoms with van der Waals surface area (Å²) in [5, 5.41) is 19.9. The zero-order valence-corrected chi connectivity index (χ0v) is 23.3. The van der Waals surface area contributed by atoms with Crippen molar-refractivity contribution in [1.29, 1.82) is 10.8 Å². The van der Waals surface area contributed by atoms with Gasteiger partial charge in [-0.3, -0.25) is 20.4 Å². The quantitative estimate of drug-likeness (QED) is 0.292. The first kappa shape index (κ1) is 27.6. The topological polar surface area (TPSA) is 100 Å². The number of fused-ring (bicyclic) bond motifs is 1. The van der Waals surface area contributed by atoms with Gasteiger partial charge >= 0.3 is 6.18 Å². The van der Waals surface area contributed by atoms with E-state index >= 15 is 0 Å². The number of ketones is 1. The number of amidine groups is 1. The Bertz CT molecular complexity index is 1460. The molecule has 3 saturated carbocycles. The molecule has 0 aromatic heterocycles. The number of Topliss-reactive ketones (excluding diaryl/α,β-unsaturated/α-hetero) is 1. The van der Waals surface area contributed by atoms with Gasteiger partial charge in [0.25, 0.3) is 5.91 Å². The Balaban J connectivity index is 1.32. The van der Waals surface area contributed by atoms with Crippen LogP contribution in [-0.4, -0.2) is 41.4 Å². The highest BCUT2D eigenvalue weighted by atomic mass is 19.4. The largest absolute Gasteiger partial charge is 0.416 e. The van der Waals surface area contributed by atoms with Crippen LogP contribution in [0.25, 0.3) is 0 Å². The molecule has 0 atom stereocenters. The summed E-state index contributed by atoms with van der Waals surface area (Å²) >= 11 is 0. The van der Waals surface area contributed by atoms with Crippen molar-refractivity contribution in [2.45, 2.75) is 82.1 Å². The van der Waals surface area contributed by atoms with Crippen molar-refractivity contribution in [3.63, 3.8) is 0 Å². The van der Waals surface area contributed by atoms with Gasteiger partial charge in [-0.2, -0.15) is 13.2 Å². The number of rotatable bonds is 7. The number of hydrogen-bond donors (Lipinski definition) is 3. The number of alkyl halides is 3. The number of likely N-dealkylation sites (N-methyl/N-ethyl adjacent to an activating group) is 1. The van der Waals surface area contributed by atoms with Crippen LogP contribution in [0.4, 0.5) is 18.9 Å². The van der Waals surface area contributed by atoms with Crippen LogP contribution in [0.2, 0.25) is 0 Å². The summed E-state index contributed by atoms with van der Waals surface area (Å²) in [7, 11) is 1.63. The molecule has 3 fully saturated rings. The Morgan fingerprint density at radius 1 is 1.15 bits per heavy atom. The highest BCUT2D eigenvalue weighted by Gasteiger charge is 2.63. The summed E-state index contributed by atoms with van der Waals surface area (Å²) < 4.78 is 42.7. The van der Waals surface area contributed by atoms with Crippen molar-refractivity contribution >= 4 is 29.6 Å². The Hall–Kier alpha value is -3.53. The van der Waals surface area contributed by atoms with Crippen LogP contribution >= 0.6 is 0 Å². The van der Waals surface area contributed by atoms with E-state index in [0.717, 1.165) is 37.2 Å². The number of hydrogen-bond acceptors (Lipinski definition) is 5. The van der Waals surface area contributed by atoms with E-state index in [9.17, 15) is 22.8 Å². The standard InChI is InChI=1S/C31H34F3N5O2/c1-28(7-4-8-28)37-14-19-9-23-24(25(10-19)31(32,33)34)15-39(26(23)41)21-6-3-5-20(11-21)30(27(36)38(2)18-35)16-29(17-30)12-22(40)13-29/h3,5-6,9-11,18,35-37H,4,7-8,12-17H2,1-2H3. The Kier molecular flexibility index (Phi) is 6.23. The third kappa shape index (κ3) is 4.47. The van der Waals surface area contributed by atoms with Gasteiger partial charge < -0.3 is 15.1 Å². The van der Waals surface area contributed by atoms with E-state index in [-0.39, 0.29) is 46.8 Å². The fourth-order valence-corrected chi connectivity index (χ4v) is 7.38. The first-order valence-electron chi connectivity index (χ1n) is 14.0. The van der Waals surface area contributed by atoms with Crippen LogP contribution in [0.1, 0.15) is 84.5 Å². The molecule has 0 radical (unpaired) electrons. The second-order valence-electron chi connectivity index (χ2n) is 12.8. The molecule has 6 rings (SSSR count). The van der Waals surface area contributed by atoms with Crippen LogP contribution in [0.15, 0.2) is 36.4 Å². The molecule has 0 saturated heterocycles. The van der Waals surface area contributed by atoms with Crippen molar-refractivity contribution in [2.24, 2.45) is 5.41 Å². The van der Waals surface area contributed by atoms with Gasteiger partial charge in [-0.1, -0.05) is 12.1 Å². The zero-order chi connectivity index (χ0) is 29.4. The average Bonchev–Trinajstić information content (AvgIpc) is 3.21. The molecule has 3 aliphatic carbocycles. The summed E-state index contributed by atoms with van der Waals surface area (Å²) in [6.07, 6.45) is 1.61. The van der Waals surface area contributed by atoms with Gasteiger partial charge in [0.1, 0.15) is 11.6 Å². The van der Waals surface area contributed by atoms with Gasteiger partial charge in [0, 0.05) is 43.2 Å². The summed E-state index contributed by atoms with van der Waals surface area (Å²) in [6, 6.07) is 9.87. The molecule has 41 heavy (non-hydrogen) atoms. The van der Waals surface area contributed by atoms with Crippen molar-refractivity contribution in [3.8, 4) is 0 Å². The summed E-state index contributed by atoms with van der Waals surface area (Å²) in [4.78, 5) is 28.3. The number of anilines is 1. The smallest absolute Gasteiger partial charge is 0.324 e. The number of benzene rings is 2. The molecule has 0 bridgehead atoms. The van der Waals surface area contributed by atoms with E-state index in [2.05, 4.69) is 12.2 Å². The van der Waals surface area contributed by atoms with Crippen LogP contribution in [0, 0.1) is 16.2 Å². The maximum absolute atomic E-state index is 14.2. The van der Waals surface area contributed by atoms with Crippen molar-refractivity contribution < 1.29 is 22.8 Å². The van der Waals surface area contributed by atoms with E-state index in [1.165, 1.54) is 9.80 Å². The molecule has 10 heteroatoms. The lowest BCUT2D eigenvalue weighted by molar-refractivity contribution is -0.141. The Morgan fingerprint density at radius 2 is 1.85 bits per heavy atom. The maximum atomic E-state index is 14.2. The molecule has 1 aliphatic heterocycles. The molecule has 1 spiro atoms. The van der Waals surface area contributed by atoms with E-state index in [1.54, 1.807) is 31.3 Å². The lowest BCUT2D eigenvalue weighted by Crippen LogP contribution is -2.62. The molecule has 3 N–H and O–H groups in total. The molecular weight excluding hydrogens is 531 g/mol. The van der Waals surface area contributed by atoms with E-state index in [4.69, 9.17) is 10.8 Å². The zero-order valence-electron chi connectivity index (χ0n) is 23.3. The molecule has 7 nitrogen and oxygen atoms in total. The van der Waals surface area contributed by atoms with Gasteiger partial charge in [-0.15, -0.1) is 0 Å². The maximum Gasteiger partial charge on any atom is 0.416 e. The number of amides is 1. The first-order valence-corrected chi connectivity index (χ1v) is 14.0. The lowest BCUT2D eigenvalue weighted by atomic mass is 9.43. The van der Waals surface area contributed by atoms with Crippen molar-refractivity contribution in [2.75, 3.05) is 11.9 Å². The fourth-order valence-electron chi connectivity index (χ4n) is 7.38. The number of nitrogens with one attached hydrogen (secondary N) is 3. The molecule has 0 unspecified atom stereocenters. The Labute approximate surface area is 237 Å². The minimum atomic E-state index is -4.60. The van der Waals surface area contributed by atoms with Crippen LogP contribution < -0.4 is 10.2 Å². The monoisotopic (exact) mass is 565 g/mol. The van der Waals surface area contributed by atoms with Gasteiger partial charge in [0.05, 0.1) is 23.9 Å². The van der Waals surface area contributed by atoms with Gasteiger partial charge in [-0.05, 0) is 85.4 Å². The van der Waals surface area contributed by atoms with Gasteiger partial charge in [-0.25, -0.2) is 0 Å². The summed E-state index contributed by atoms with van der Waals surface area (Å²) in [5.74, 6) is -0.0476. The van der Waals surface area contributed by atoms with Crippen LogP contribution in [0.3, 0.4) is 0 Å². The lowest BCUT2D eigenvalue weighted by Gasteiger charge is -2.61. The van der Waals surface area contributed by atoms with Crippen LogP contribution in [-0.2, 0) is 29.5 Å². The number of nitrogens with zero attached hydrogens (tertiary/aromatic N) is 2. The summed E-state index contributed by atoms with van der Waals surface area (Å²) in [6.45, 7) is 2.12. The molecule has 4 aliphatic rings. The molecule has 1 heterocycles. The highest BCUT2D eigenvalue weighted by molar-refractivity contribution is 6.10. The molecule has 2 aromatic carbocycles. The number of halogens is 3. The fraction of sp³-hybridized carbons (Fsp3) is 0.484. The molecule has 2 aromatic rings. The summed E-state index contributed by atoms with van der Waals surface area (Å²) in [5.41, 5.74) is -0.0436. The first-order chi connectivity index (χ1) is 19.3. The minimum Gasteiger partial charge on any atom is -0.324 e. The SMILES string of the molecule is CN(C=N)C(=N)C1(c2cccc(N3Cc4c(cc(CNC5(C)CCC5)cc4C(F)(F)F)C3=O)c2)CC2(CC(=O)C2)C1.